The fraction of sp³-hybridized carbons (Fsp3) is 0.650. The summed E-state index contributed by atoms with van der Waals surface area (Å²) < 4.78 is 1.12. The summed E-state index contributed by atoms with van der Waals surface area (Å²) in [5, 5.41) is 4.27. The van der Waals surface area contributed by atoms with Crippen molar-refractivity contribution in [3.8, 4) is 0 Å². The molecule has 1 N–H and O–H groups in total. The van der Waals surface area contributed by atoms with E-state index in [-0.39, 0.29) is 11.2 Å². The van der Waals surface area contributed by atoms with Crippen LogP contribution >= 0.6 is 39.5 Å². The average Bonchev–Trinajstić information content (AvgIpc) is 2.62. The molecule has 2 rings (SSSR count). The second-order valence-electron chi connectivity index (χ2n) is 7.16. The molecule has 0 aromatic heterocycles. The number of rotatable bonds is 9. The Bertz CT molecular complexity index is 553. The molecule has 0 saturated heterocycles. The number of hydrogen-bond donors (Lipinski definition) is 1. The molecule has 0 bridgehead atoms. The van der Waals surface area contributed by atoms with E-state index < -0.39 is 0 Å². The molecule has 1 aromatic rings. The van der Waals surface area contributed by atoms with Crippen molar-refractivity contribution in [1.82, 2.24) is 10.2 Å². The van der Waals surface area contributed by atoms with E-state index in [2.05, 4.69) is 71.4 Å². The highest BCUT2D eigenvalue weighted by Crippen LogP contribution is 2.41. The first kappa shape index (κ1) is 22.1. The summed E-state index contributed by atoms with van der Waals surface area (Å²) in [7, 11) is 4.12. The minimum Gasteiger partial charge on any atom is -0.355 e. The predicted octanol–water partition coefficient (Wildman–Crippen LogP) is 5.04. The van der Waals surface area contributed by atoms with Crippen LogP contribution in [-0.4, -0.2) is 53.7 Å². The van der Waals surface area contributed by atoms with Crippen molar-refractivity contribution in [2.24, 2.45) is 0 Å². The molecule has 1 amide bonds. The Kier molecular flexibility index (Phi) is 9.89. The number of thioether (sulfide) groups is 2. The monoisotopic (exact) mass is 458 g/mol. The van der Waals surface area contributed by atoms with E-state index >= 15 is 0 Å². The summed E-state index contributed by atoms with van der Waals surface area (Å²) in [6, 6.07) is 8.59. The van der Waals surface area contributed by atoms with Crippen molar-refractivity contribution >= 4 is 45.4 Å². The van der Waals surface area contributed by atoms with Gasteiger partial charge >= 0.3 is 0 Å². The lowest BCUT2D eigenvalue weighted by molar-refractivity contribution is -0.120. The number of nitrogens with zero attached hydrogens (tertiary/aromatic N) is 1. The first-order valence-electron chi connectivity index (χ1n) is 9.46. The average molecular weight is 460 g/mol. The number of amides is 1. The van der Waals surface area contributed by atoms with Gasteiger partial charge in [-0.25, -0.2) is 0 Å². The van der Waals surface area contributed by atoms with Crippen LogP contribution in [0.3, 0.4) is 0 Å². The first-order chi connectivity index (χ1) is 12.5. The van der Waals surface area contributed by atoms with Gasteiger partial charge in [-0.2, -0.15) is 0 Å². The van der Waals surface area contributed by atoms with E-state index in [1.54, 1.807) is 0 Å². The SMILES string of the molecule is CC(SC1CCCCC1Sc1ccc(Br)cc1)C(=O)NCCCN(C)C. The molecule has 1 aliphatic carbocycles. The molecule has 1 aliphatic rings. The fourth-order valence-corrected chi connectivity index (χ4v) is 6.30. The van der Waals surface area contributed by atoms with Gasteiger partial charge in [-0.15, -0.1) is 23.5 Å². The van der Waals surface area contributed by atoms with Crippen molar-refractivity contribution in [3.05, 3.63) is 28.7 Å². The highest BCUT2D eigenvalue weighted by molar-refractivity contribution is 9.10. The number of nitrogens with one attached hydrogen (secondary N) is 1. The van der Waals surface area contributed by atoms with Gasteiger partial charge in [0.2, 0.25) is 5.91 Å². The van der Waals surface area contributed by atoms with Crippen LogP contribution in [0.2, 0.25) is 0 Å². The Labute approximate surface area is 175 Å². The highest BCUT2D eigenvalue weighted by atomic mass is 79.9. The molecule has 146 valence electrons. The molecule has 3 atom stereocenters. The second-order valence-corrected chi connectivity index (χ2v) is 11.0. The van der Waals surface area contributed by atoms with Gasteiger partial charge in [0, 0.05) is 26.4 Å². The minimum atomic E-state index is 0.0190. The molecule has 0 aliphatic heterocycles. The van der Waals surface area contributed by atoms with E-state index in [1.165, 1.54) is 30.6 Å². The Balaban J connectivity index is 1.82. The maximum atomic E-state index is 12.4. The Morgan fingerprint density at radius 1 is 1.23 bits per heavy atom. The summed E-state index contributed by atoms with van der Waals surface area (Å²) in [4.78, 5) is 15.9. The van der Waals surface area contributed by atoms with Crippen molar-refractivity contribution in [2.75, 3.05) is 27.2 Å². The van der Waals surface area contributed by atoms with Gasteiger partial charge in [0.1, 0.15) is 0 Å². The Morgan fingerprint density at radius 3 is 2.54 bits per heavy atom. The summed E-state index contributed by atoms with van der Waals surface area (Å²) in [6.45, 7) is 3.84. The van der Waals surface area contributed by atoms with E-state index in [4.69, 9.17) is 0 Å². The van der Waals surface area contributed by atoms with Crippen LogP contribution in [0.4, 0.5) is 0 Å². The summed E-state index contributed by atoms with van der Waals surface area (Å²) in [5.41, 5.74) is 0. The number of hydrogen-bond acceptors (Lipinski definition) is 4. The zero-order chi connectivity index (χ0) is 18.9. The number of carbonyl (C=O) groups is 1. The molecule has 1 aromatic carbocycles. The number of halogens is 1. The third-order valence-electron chi connectivity index (χ3n) is 4.57. The normalized spacial score (nSPS) is 21.6. The molecule has 1 saturated carbocycles. The van der Waals surface area contributed by atoms with Crippen molar-refractivity contribution < 1.29 is 4.79 Å². The van der Waals surface area contributed by atoms with Crippen molar-refractivity contribution in [2.45, 2.75) is 59.7 Å². The van der Waals surface area contributed by atoms with Gasteiger partial charge in [0.05, 0.1) is 5.25 Å². The van der Waals surface area contributed by atoms with Crippen LogP contribution < -0.4 is 5.32 Å². The fourth-order valence-electron chi connectivity index (χ4n) is 3.12. The third-order valence-corrected chi connectivity index (χ3v) is 8.22. The molecular formula is C20H31BrN2OS2. The highest BCUT2D eigenvalue weighted by Gasteiger charge is 2.29. The topological polar surface area (TPSA) is 32.3 Å². The van der Waals surface area contributed by atoms with Crippen LogP contribution in [0.15, 0.2) is 33.6 Å². The zero-order valence-corrected chi connectivity index (χ0v) is 19.3. The van der Waals surface area contributed by atoms with Crippen LogP contribution in [0.1, 0.15) is 39.0 Å². The molecule has 3 unspecified atom stereocenters. The molecule has 26 heavy (non-hydrogen) atoms. The van der Waals surface area contributed by atoms with Crippen molar-refractivity contribution in [3.63, 3.8) is 0 Å². The van der Waals surface area contributed by atoms with E-state index in [0.29, 0.717) is 10.5 Å². The summed E-state index contributed by atoms with van der Waals surface area (Å²) in [6.07, 6.45) is 6.05. The van der Waals surface area contributed by atoms with Gasteiger partial charge < -0.3 is 10.2 Å². The van der Waals surface area contributed by atoms with Gasteiger partial charge in [0.15, 0.2) is 0 Å². The first-order valence-corrected chi connectivity index (χ1v) is 12.1. The molecule has 3 nitrogen and oxygen atoms in total. The Morgan fingerprint density at radius 2 is 1.88 bits per heavy atom. The molecule has 0 radical (unpaired) electrons. The maximum absolute atomic E-state index is 12.4. The van der Waals surface area contributed by atoms with Crippen LogP contribution in [0.5, 0.6) is 0 Å². The van der Waals surface area contributed by atoms with Gasteiger partial charge in [0.25, 0.3) is 0 Å². The molecule has 0 spiro atoms. The van der Waals surface area contributed by atoms with E-state index in [1.807, 2.05) is 23.5 Å². The Hall–Kier alpha value is -0.170. The second kappa shape index (κ2) is 11.6. The van der Waals surface area contributed by atoms with Crippen LogP contribution in [-0.2, 0) is 4.79 Å². The summed E-state index contributed by atoms with van der Waals surface area (Å²) in [5.74, 6) is 0.187. The maximum Gasteiger partial charge on any atom is 0.232 e. The molecule has 6 heteroatoms. The van der Waals surface area contributed by atoms with Gasteiger partial charge in [-0.1, -0.05) is 28.8 Å². The van der Waals surface area contributed by atoms with Crippen LogP contribution in [0.25, 0.3) is 0 Å². The lowest BCUT2D eigenvalue weighted by Crippen LogP contribution is -2.35. The zero-order valence-electron chi connectivity index (χ0n) is 16.0. The predicted molar refractivity (Wildman–Crippen MR) is 119 cm³/mol. The van der Waals surface area contributed by atoms with Crippen molar-refractivity contribution in [1.29, 1.82) is 0 Å². The lowest BCUT2D eigenvalue weighted by atomic mass is 10.00. The van der Waals surface area contributed by atoms with E-state index in [9.17, 15) is 4.79 Å². The quantitative estimate of drug-likeness (QED) is 0.525. The molecular weight excluding hydrogens is 428 g/mol. The number of carbonyl (C=O) groups excluding carboxylic acids is 1. The van der Waals surface area contributed by atoms with Gasteiger partial charge in [-0.3, -0.25) is 4.79 Å². The van der Waals surface area contributed by atoms with Crippen LogP contribution in [0, 0.1) is 0 Å². The standard InChI is InChI=1S/C20H31BrN2OS2/c1-15(20(24)22-13-6-14-23(2)3)25-18-7-4-5-8-19(18)26-17-11-9-16(21)10-12-17/h9-12,15,18-19H,4-8,13-14H2,1-3H3,(H,22,24). The van der Waals surface area contributed by atoms with Gasteiger partial charge in [-0.05, 0) is 71.1 Å². The number of benzene rings is 1. The molecule has 0 heterocycles. The minimum absolute atomic E-state index is 0.0190. The summed E-state index contributed by atoms with van der Waals surface area (Å²) >= 11 is 7.36. The molecule has 1 fully saturated rings. The smallest absolute Gasteiger partial charge is 0.232 e. The van der Waals surface area contributed by atoms with E-state index in [0.717, 1.165) is 24.0 Å². The third kappa shape index (κ3) is 7.83. The largest absolute Gasteiger partial charge is 0.355 e. The lowest BCUT2D eigenvalue weighted by Gasteiger charge is -2.32.